The number of aromatic nitrogens is 2. The summed E-state index contributed by atoms with van der Waals surface area (Å²) < 4.78 is 27.4. The summed E-state index contributed by atoms with van der Waals surface area (Å²) in [6, 6.07) is 12.6. The molecule has 1 saturated heterocycles. The van der Waals surface area contributed by atoms with Crippen molar-refractivity contribution < 1.29 is 8.42 Å². The molecule has 3 aromatic rings. The first-order valence-corrected chi connectivity index (χ1v) is 12.5. The lowest BCUT2D eigenvalue weighted by Crippen LogP contribution is -2.49. The molecule has 2 aromatic carbocycles. The molecule has 0 unspecified atom stereocenters. The average molecular weight is 491 g/mol. The number of aryl methyl sites for hydroxylation is 3. The van der Waals surface area contributed by atoms with Crippen LogP contribution in [-0.2, 0) is 10.0 Å². The maximum Gasteiger partial charge on any atom is 0.243 e. The molecule has 0 bridgehead atoms. The van der Waals surface area contributed by atoms with Crippen molar-refractivity contribution in [2.45, 2.75) is 25.7 Å². The number of anilines is 1. The molecule has 1 aromatic heterocycles. The number of rotatable bonds is 4. The summed E-state index contributed by atoms with van der Waals surface area (Å²) in [6.45, 7) is 8.01. The normalized spacial score (nSPS) is 15.2. The second-order valence-corrected chi connectivity index (χ2v) is 10.7. The zero-order valence-electron chi connectivity index (χ0n) is 18.1. The molecule has 4 rings (SSSR count). The van der Waals surface area contributed by atoms with Crippen molar-refractivity contribution in [3.63, 3.8) is 0 Å². The number of piperazine rings is 1. The highest BCUT2D eigenvalue weighted by atomic mass is 35.5. The summed E-state index contributed by atoms with van der Waals surface area (Å²) in [4.78, 5) is 2.19. The summed E-state index contributed by atoms with van der Waals surface area (Å²) in [5.41, 5.74) is 5.54. The lowest BCUT2D eigenvalue weighted by molar-refractivity contribution is 0.383. The van der Waals surface area contributed by atoms with E-state index in [0.717, 1.165) is 22.6 Å². The van der Waals surface area contributed by atoms with E-state index in [1.807, 2.05) is 17.0 Å². The van der Waals surface area contributed by atoms with E-state index < -0.39 is 10.0 Å². The monoisotopic (exact) mass is 490 g/mol. The van der Waals surface area contributed by atoms with E-state index in [-0.39, 0.29) is 9.92 Å². The van der Waals surface area contributed by atoms with E-state index in [9.17, 15) is 8.42 Å². The van der Waals surface area contributed by atoms with Crippen molar-refractivity contribution in [1.82, 2.24) is 14.5 Å². The zero-order chi connectivity index (χ0) is 23.0. The summed E-state index contributed by atoms with van der Waals surface area (Å²) >= 11 is 11.9. The van der Waals surface area contributed by atoms with Crippen LogP contribution >= 0.6 is 23.2 Å². The maximum atomic E-state index is 13.0. The van der Waals surface area contributed by atoms with Gasteiger partial charge >= 0.3 is 0 Å². The van der Waals surface area contributed by atoms with Crippen LogP contribution in [0.15, 0.2) is 47.4 Å². The second-order valence-electron chi connectivity index (χ2n) is 8.00. The first kappa shape index (κ1) is 23.0. The van der Waals surface area contributed by atoms with Crippen molar-refractivity contribution in [1.29, 1.82) is 0 Å². The van der Waals surface area contributed by atoms with Crippen LogP contribution in [0.2, 0.25) is 10.0 Å². The van der Waals surface area contributed by atoms with E-state index in [4.69, 9.17) is 23.2 Å². The van der Waals surface area contributed by atoms with Gasteiger partial charge in [0.15, 0.2) is 5.82 Å². The van der Waals surface area contributed by atoms with E-state index in [1.54, 1.807) is 0 Å². The van der Waals surface area contributed by atoms with Crippen LogP contribution in [0.4, 0.5) is 5.82 Å². The molecular formula is C23H24Cl2N4O2S. The molecule has 32 heavy (non-hydrogen) atoms. The fourth-order valence-corrected chi connectivity index (χ4v) is 5.63. The van der Waals surface area contributed by atoms with Gasteiger partial charge in [0, 0.05) is 31.7 Å². The Morgan fingerprint density at radius 2 is 1.47 bits per heavy atom. The highest BCUT2D eigenvalue weighted by Gasteiger charge is 2.29. The quantitative estimate of drug-likeness (QED) is 0.520. The van der Waals surface area contributed by atoms with Gasteiger partial charge in [-0.1, -0.05) is 29.3 Å². The number of sulfonamides is 1. The van der Waals surface area contributed by atoms with Crippen LogP contribution in [0.25, 0.3) is 11.3 Å². The molecule has 1 aliphatic rings. The predicted molar refractivity (Wildman–Crippen MR) is 129 cm³/mol. The van der Waals surface area contributed by atoms with Crippen LogP contribution < -0.4 is 4.90 Å². The van der Waals surface area contributed by atoms with Crippen molar-refractivity contribution in [2.24, 2.45) is 0 Å². The zero-order valence-corrected chi connectivity index (χ0v) is 20.5. The Hall–Kier alpha value is -2.19. The van der Waals surface area contributed by atoms with Crippen molar-refractivity contribution in [2.75, 3.05) is 31.1 Å². The van der Waals surface area contributed by atoms with Gasteiger partial charge in [-0.3, -0.25) is 0 Å². The van der Waals surface area contributed by atoms with Gasteiger partial charge in [-0.05, 0) is 73.9 Å². The minimum atomic E-state index is -3.63. The van der Waals surface area contributed by atoms with Gasteiger partial charge in [-0.25, -0.2) is 8.42 Å². The molecule has 9 heteroatoms. The summed E-state index contributed by atoms with van der Waals surface area (Å²) in [6.07, 6.45) is 0. The summed E-state index contributed by atoms with van der Waals surface area (Å²) in [7, 11) is -3.63. The fraction of sp³-hybridized carbons (Fsp3) is 0.304. The molecule has 0 amide bonds. The Kier molecular flexibility index (Phi) is 6.45. The molecule has 6 nitrogen and oxygen atoms in total. The van der Waals surface area contributed by atoms with Crippen LogP contribution in [0.5, 0.6) is 0 Å². The second kappa shape index (κ2) is 8.98. The molecule has 0 radical (unpaired) electrons. The number of nitrogens with zero attached hydrogens (tertiary/aromatic N) is 4. The summed E-state index contributed by atoms with van der Waals surface area (Å²) in [5.74, 6) is 0.738. The van der Waals surface area contributed by atoms with E-state index in [1.165, 1.54) is 33.6 Å². The van der Waals surface area contributed by atoms with Crippen LogP contribution in [0, 0.1) is 20.8 Å². The molecule has 1 aliphatic heterocycles. The van der Waals surface area contributed by atoms with Crippen molar-refractivity contribution in [3.05, 3.63) is 69.2 Å². The Bertz CT molecular complexity index is 1260. The standard InChI is InChI=1S/C23H24Cl2N4O2S/c1-15-12-17(3)19(13-16(15)2)22-6-7-23(27-26-22)28-8-10-29(11-9-28)32(30,31)18-4-5-20(24)21(25)14-18/h4-7,12-14H,8-11H2,1-3H3. The molecule has 2 heterocycles. The molecule has 168 valence electrons. The van der Waals surface area contributed by atoms with E-state index in [0.29, 0.717) is 31.2 Å². The largest absolute Gasteiger partial charge is 0.352 e. The fourth-order valence-electron chi connectivity index (χ4n) is 3.82. The first-order chi connectivity index (χ1) is 15.2. The Balaban J connectivity index is 1.46. The molecular weight excluding hydrogens is 467 g/mol. The van der Waals surface area contributed by atoms with Gasteiger partial charge < -0.3 is 4.90 Å². The number of halogens is 2. The third-order valence-electron chi connectivity index (χ3n) is 5.86. The third-order valence-corrected chi connectivity index (χ3v) is 8.49. The molecule has 0 atom stereocenters. The molecule has 1 fully saturated rings. The van der Waals surface area contributed by atoms with Gasteiger partial charge in [-0.2, -0.15) is 4.31 Å². The van der Waals surface area contributed by atoms with E-state index >= 15 is 0 Å². The minimum Gasteiger partial charge on any atom is -0.352 e. The smallest absolute Gasteiger partial charge is 0.243 e. The third kappa shape index (κ3) is 4.48. The average Bonchev–Trinajstić information content (AvgIpc) is 2.78. The van der Waals surface area contributed by atoms with Gasteiger partial charge in [0.25, 0.3) is 0 Å². The van der Waals surface area contributed by atoms with Crippen LogP contribution in [0.1, 0.15) is 16.7 Å². The first-order valence-electron chi connectivity index (χ1n) is 10.3. The van der Waals surface area contributed by atoms with E-state index in [2.05, 4.69) is 43.1 Å². The minimum absolute atomic E-state index is 0.147. The number of benzene rings is 2. The lowest BCUT2D eigenvalue weighted by Gasteiger charge is -2.34. The Labute approximate surface area is 198 Å². The molecule has 0 saturated carbocycles. The molecule has 0 N–H and O–H groups in total. The topological polar surface area (TPSA) is 66.4 Å². The van der Waals surface area contributed by atoms with Gasteiger partial charge in [0.05, 0.1) is 20.6 Å². The Morgan fingerprint density at radius 1 is 0.781 bits per heavy atom. The van der Waals surface area contributed by atoms with Crippen molar-refractivity contribution >= 4 is 39.0 Å². The summed E-state index contributed by atoms with van der Waals surface area (Å²) in [5, 5.41) is 9.40. The number of hydrogen-bond donors (Lipinski definition) is 0. The SMILES string of the molecule is Cc1cc(C)c(-c2ccc(N3CCN(S(=O)(=O)c4ccc(Cl)c(Cl)c4)CC3)nn2)cc1C. The highest BCUT2D eigenvalue weighted by molar-refractivity contribution is 7.89. The van der Waals surface area contributed by atoms with Gasteiger partial charge in [0.1, 0.15) is 0 Å². The van der Waals surface area contributed by atoms with Crippen LogP contribution in [-0.4, -0.2) is 49.1 Å². The van der Waals surface area contributed by atoms with Gasteiger partial charge in [0.2, 0.25) is 10.0 Å². The number of hydrogen-bond acceptors (Lipinski definition) is 5. The Morgan fingerprint density at radius 3 is 2.09 bits per heavy atom. The predicted octanol–water partition coefficient (Wildman–Crippen LogP) is 4.89. The molecule has 0 spiro atoms. The lowest BCUT2D eigenvalue weighted by atomic mass is 9.99. The molecule has 0 aliphatic carbocycles. The van der Waals surface area contributed by atoms with Crippen LogP contribution in [0.3, 0.4) is 0 Å². The maximum absolute atomic E-state index is 13.0. The van der Waals surface area contributed by atoms with Crippen molar-refractivity contribution in [3.8, 4) is 11.3 Å². The van der Waals surface area contributed by atoms with Gasteiger partial charge in [-0.15, -0.1) is 10.2 Å². The highest BCUT2D eigenvalue weighted by Crippen LogP contribution is 2.28.